The van der Waals surface area contributed by atoms with Crippen molar-refractivity contribution in [2.75, 3.05) is 6.54 Å². The second-order valence-electron chi connectivity index (χ2n) is 16.1. The number of aromatic hydroxyl groups is 1. The third-order valence-corrected chi connectivity index (χ3v) is 10.4. The van der Waals surface area contributed by atoms with Crippen LogP contribution >= 0.6 is 0 Å². The normalized spacial score (nSPS) is 14.8. The number of phenols is 1. The molecule has 0 bridgehead atoms. The van der Waals surface area contributed by atoms with E-state index >= 15 is 0 Å². The van der Waals surface area contributed by atoms with Gasteiger partial charge < -0.3 is 40.4 Å². The van der Waals surface area contributed by atoms with Crippen LogP contribution in [-0.4, -0.2) is 68.2 Å². The van der Waals surface area contributed by atoms with E-state index in [1.54, 1.807) is 37.8 Å². The Kier molecular flexibility index (Phi) is 13.5. The highest BCUT2D eigenvalue weighted by Gasteiger charge is 2.39. The highest BCUT2D eigenvalue weighted by Crippen LogP contribution is 2.29. The third-order valence-electron chi connectivity index (χ3n) is 10.4. The Labute approximate surface area is 344 Å². The Hall–Kier alpha value is -6.37. The van der Waals surface area contributed by atoms with Crippen molar-refractivity contribution in [1.82, 2.24) is 30.8 Å². The fourth-order valence-corrected chi connectivity index (χ4v) is 7.46. The van der Waals surface area contributed by atoms with Gasteiger partial charge in [0, 0.05) is 25.9 Å². The van der Waals surface area contributed by atoms with E-state index < -0.39 is 41.8 Å². The van der Waals surface area contributed by atoms with Gasteiger partial charge in [-0.3, -0.25) is 9.59 Å². The molecule has 3 atom stereocenters. The zero-order chi connectivity index (χ0) is 42.1. The molecule has 0 radical (unpaired) electrons. The molecule has 4 aromatic carbocycles. The molecule has 4 amide bonds. The summed E-state index contributed by atoms with van der Waals surface area (Å²) in [6.07, 6.45) is 0.837. The van der Waals surface area contributed by atoms with E-state index in [1.165, 1.54) is 0 Å². The quantitative estimate of drug-likeness (QED) is 0.0732. The summed E-state index contributed by atoms with van der Waals surface area (Å²) in [5.41, 5.74) is 5.82. The molecular weight excluding hydrogens is 749 g/mol. The average Bonchev–Trinajstić information content (AvgIpc) is 3.64. The van der Waals surface area contributed by atoms with Gasteiger partial charge in [-0.15, -0.1) is 0 Å². The smallest absolute Gasteiger partial charge is 0.408 e. The van der Waals surface area contributed by atoms with Crippen molar-refractivity contribution in [2.45, 2.75) is 104 Å². The zero-order valence-corrected chi connectivity index (χ0v) is 34.3. The molecule has 59 heavy (non-hydrogen) atoms. The first-order chi connectivity index (χ1) is 28.2. The number of imidazole rings is 1. The van der Waals surface area contributed by atoms with E-state index in [9.17, 15) is 24.3 Å². The molecule has 6 rings (SSSR count). The minimum atomic E-state index is -1.09. The first kappa shape index (κ1) is 42.2. The van der Waals surface area contributed by atoms with Crippen LogP contribution in [0.2, 0.25) is 0 Å². The van der Waals surface area contributed by atoms with Crippen molar-refractivity contribution >= 4 is 35.0 Å². The first-order valence-corrected chi connectivity index (χ1v) is 20.1. The number of unbranched alkanes of at least 4 members (excludes halogenated alkanes) is 1. The molecule has 0 saturated carbocycles. The minimum absolute atomic E-state index is 0.104. The van der Waals surface area contributed by atoms with Gasteiger partial charge in [0.05, 0.1) is 17.1 Å². The summed E-state index contributed by atoms with van der Waals surface area (Å²) in [5.74, 6) is -0.129. The van der Waals surface area contributed by atoms with Gasteiger partial charge in [-0.1, -0.05) is 66.7 Å². The first-order valence-electron chi connectivity index (χ1n) is 20.1. The van der Waals surface area contributed by atoms with Crippen molar-refractivity contribution in [3.8, 4) is 5.75 Å². The number of para-hydroxylation sites is 2. The Morgan fingerprint density at radius 2 is 1.56 bits per heavy atom. The molecule has 1 aliphatic rings. The summed E-state index contributed by atoms with van der Waals surface area (Å²) in [4.78, 5) is 64.9. The zero-order valence-electron chi connectivity index (χ0n) is 34.3. The van der Waals surface area contributed by atoms with Crippen LogP contribution in [0.5, 0.6) is 5.75 Å². The molecule has 13 nitrogen and oxygen atoms in total. The number of aryl methyl sites for hydroxylation is 2. The van der Waals surface area contributed by atoms with E-state index in [1.807, 2.05) is 92.7 Å². The highest BCUT2D eigenvalue weighted by molar-refractivity contribution is 5.92. The number of H-pyrrole nitrogens is 1. The number of aromatic amines is 1. The van der Waals surface area contributed by atoms with Gasteiger partial charge in [0.2, 0.25) is 11.8 Å². The number of hydrogen-bond acceptors (Lipinski definition) is 8. The maximum atomic E-state index is 14.9. The summed E-state index contributed by atoms with van der Waals surface area (Å²) in [6, 6.07) is 25.5. The van der Waals surface area contributed by atoms with Crippen LogP contribution in [-0.2, 0) is 45.1 Å². The van der Waals surface area contributed by atoms with E-state index in [4.69, 9.17) is 14.5 Å². The van der Waals surface area contributed by atoms with Crippen LogP contribution in [0.1, 0.15) is 85.3 Å². The highest BCUT2D eigenvalue weighted by atomic mass is 16.6. The van der Waals surface area contributed by atoms with Crippen molar-refractivity contribution in [1.29, 1.82) is 0 Å². The van der Waals surface area contributed by atoms with Crippen molar-refractivity contribution in [3.05, 3.63) is 130 Å². The number of rotatable bonds is 14. The van der Waals surface area contributed by atoms with Crippen molar-refractivity contribution < 1.29 is 33.8 Å². The molecule has 5 N–H and O–H groups in total. The topological polar surface area (TPSA) is 175 Å². The summed E-state index contributed by atoms with van der Waals surface area (Å²) in [5, 5.41) is 19.1. The number of nitrogens with zero attached hydrogens (tertiary/aromatic N) is 2. The van der Waals surface area contributed by atoms with Crippen LogP contribution in [0.15, 0.2) is 91.0 Å². The predicted octanol–water partition coefficient (Wildman–Crippen LogP) is 7.23. The lowest BCUT2D eigenvalue weighted by atomic mass is 9.91. The summed E-state index contributed by atoms with van der Waals surface area (Å²) >= 11 is 0. The van der Waals surface area contributed by atoms with Gasteiger partial charge in [-0.05, 0) is 112 Å². The number of alkyl carbamates (subject to hydrolysis) is 2. The Balaban J connectivity index is 1.22. The lowest BCUT2D eigenvalue weighted by Crippen LogP contribution is -2.58. The fourth-order valence-electron chi connectivity index (χ4n) is 7.46. The SMILES string of the molecule is Cc1cc(O)cc(C)c1CC(NC(=O)OC(C)(C)C)C(=O)N1Cc2ccccc2CC1C(=O)N[C@@H](CCCCNC(=O)OCc1ccccc1)c1nc2ccccc2[nH]1. The van der Waals surface area contributed by atoms with Gasteiger partial charge in [-0.25, -0.2) is 14.6 Å². The second-order valence-corrected chi connectivity index (χ2v) is 16.1. The number of nitrogens with one attached hydrogen (secondary N) is 4. The summed E-state index contributed by atoms with van der Waals surface area (Å²) < 4.78 is 10.9. The van der Waals surface area contributed by atoms with Crippen molar-refractivity contribution in [2.24, 2.45) is 0 Å². The Morgan fingerprint density at radius 1 is 0.881 bits per heavy atom. The maximum absolute atomic E-state index is 14.9. The monoisotopic (exact) mass is 802 g/mol. The number of hydrogen-bond donors (Lipinski definition) is 5. The molecule has 0 fully saturated rings. The van der Waals surface area contributed by atoms with Gasteiger partial charge in [-0.2, -0.15) is 0 Å². The third kappa shape index (κ3) is 11.4. The maximum Gasteiger partial charge on any atom is 0.408 e. The number of phenolic OH excluding ortho intramolecular Hbond substituents is 1. The van der Waals surface area contributed by atoms with Crippen LogP contribution in [0, 0.1) is 13.8 Å². The second kappa shape index (κ2) is 18.9. The molecule has 0 saturated heterocycles. The lowest BCUT2D eigenvalue weighted by Gasteiger charge is -2.39. The fraction of sp³-hybridized carbons (Fsp3) is 0.370. The molecular formula is C46H54N6O7. The summed E-state index contributed by atoms with van der Waals surface area (Å²) in [6.45, 7) is 9.62. The number of carbonyl (C=O) groups excluding carboxylic acids is 4. The molecule has 310 valence electrons. The van der Waals surface area contributed by atoms with Crippen LogP contribution in [0.25, 0.3) is 11.0 Å². The van der Waals surface area contributed by atoms with E-state index in [-0.39, 0.29) is 37.6 Å². The standard InChI is InChI=1S/C46H54N6O7/c1-29-23-34(53)24-30(2)35(29)26-39(51-45(57)59-46(3,4)5)43(55)52-27-33-18-10-9-17-32(33)25-40(52)42(54)50-38(41-48-36-19-11-12-20-37(36)49-41)21-13-14-22-47-44(56)58-28-31-15-7-6-8-16-31/h6-12,15-20,23-24,38-40,53H,13-14,21-22,25-28H2,1-5H3,(H,47,56)(H,48,49)(H,50,54)(H,51,57)/t38-,39?,40?/m0/s1. The van der Waals surface area contributed by atoms with Gasteiger partial charge in [0.25, 0.3) is 0 Å². The van der Waals surface area contributed by atoms with Crippen LogP contribution < -0.4 is 16.0 Å². The molecule has 1 aliphatic heterocycles. The molecule has 1 aromatic heterocycles. The van der Waals surface area contributed by atoms with Gasteiger partial charge in [0.1, 0.15) is 35.9 Å². The number of fused-ring (bicyclic) bond motifs is 2. The number of amides is 4. The molecule has 2 unspecified atom stereocenters. The van der Waals surface area contributed by atoms with Gasteiger partial charge >= 0.3 is 12.2 Å². The van der Waals surface area contributed by atoms with Gasteiger partial charge in [0.15, 0.2) is 0 Å². The molecule has 2 heterocycles. The molecule has 5 aromatic rings. The Morgan fingerprint density at radius 3 is 2.27 bits per heavy atom. The largest absolute Gasteiger partial charge is 0.508 e. The summed E-state index contributed by atoms with van der Waals surface area (Å²) in [7, 11) is 0. The average molecular weight is 803 g/mol. The van der Waals surface area contributed by atoms with Crippen molar-refractivity contribution in [3.63, 3.8) is 0 Å². The molecule has 0 spiro atoms. The lowest BCUT2D eigenvalue weighted by molar-refractivity contribution is -0.143. The van der Waals surface area contributed by atoms with Crippen LogP contribution in [0.3, 0.4) is 0 Å². The molecule has 13 heteroatoms. The number of carbonyl (C=O) groups is 4. The van der Waals surface area contributed by atoms with Crippen LogP contribution in [0.4, 0.5) is 9.59 Å². The predicted molar refractivity (Wildman–Crippen MR) is 224 cm³/mol. The Bertz CT molecular complexity index is 2210. The van der Waals surface area contributed by atoms with E-state index in [2.05, 4.69) is 20.9 Å². The number of benzene rings is 4. The number of aromatic nitrogens is 2. The minimum Gasteiger partial charge on any atom is -0.508 e. The molecule has 0 aliphatic carbocycles. The van der Waals surface area contributed by atoms with E-state index in [0.29, 0.717) is 31.6 Å². The van der Waals surface area contributed by atoms with E-state index in [0.717, 1.165) is 44.4 Å². The number of ether oxygens (including phenoxy) is 2.